The maximum atomic E-state index is 13.9. The third-order valence-corrected chi connectivity index (χ3v) is 5.17. The van der Waals surface area contributed by atoms with E-state index in [2.05, 4.69) is 10.0 Å². The Kier molecular flexibility index (Phi) is 5.12. The van der Waals surface area contributed by atoms with Crippen LogP contribution in [0.4, 0.5) is 4.39 Å². The molecule has 0 amide bonds. The molecule has 0 bridgehead atoms. The number of hydrogen-bond acceptors (Lipinski definition) is 3. The summed E-state index contributed by atoms with van der Waals surface area (Å²) in [6.45, 7) is 3.88. The number of sulfonamides is 1. The first kappa shape index (κ1) is 15.4. The minimum absolute atomic E-state index is 0.265. The van der Waals surface area contributed by atoms with Gasteiger partial charge in [-0.1, -0.05) is 12.1 Å². The molecular weight excluding hydrogens is 279 g/mol. The van der Waals surface area contributed by atoms with Gasteiger partial charge in [0, 0.05) is 6.54 Å². The van der Waals surface area contributed by atoms with E-state index >= 15 is 0 Å². The van der Waals surface area contributed by atoms with Crippen molar-refractivity contribution in [2.45, 2.75) is 31.1 Å². The molecule has 2 N–H and O–H groups in total. The van der Waals surface area contributed by atoms with Crippen molar-refractivity contribution in [3.8, 4) is 0 Å². The van der Waals surface area contributed by atoms with Crippen LogP contribution in [0.3, 0.4) is 0 Å². The Morgan fingerprint density at radius 3 is 2.95 bits per heavy atom. The molecule has 1 aromatic rings. The van der Waals surface area contributed by atoms with Crippen LogP contribution >= 0.6 is 0 Å². The second-order valence-corrected chi connectivity index (χ2v) is 7.02. The van der Waals surface area contributed by atoms with Crippen molar-refractivity contribution >= 4 is 10.0 Å². The summed E-state index contributed by atoms with van der Waals surface area (Å²) < 4.78 is 40.5. The van der Waals surface area contributed by atoms with E-state index in [-0.39, 0.29) is 4.90 Å². The van der Waals surface area contributed by atoms with Crippen LogP contribution in [-0.4, -0.2) is 28.1 Å². The van der Waals surface area contributed by atoms with E-state index in [1.54, 1.807) is 19.1 Å². The van der Waals surface area contributed by atoms with Crippen molar-refractivity contribution in [3.63, 3.8) is 0 Å². The lowest BCUT2D eigenvalue weighted by Gasteiger charge is -2.22. The molecule has 0 radical (unpaired) electrons. The fourth-order valence-corrected chi connectivity index (χ4v) is 3.67. The number of rotatable bonds is 5. The van der Waals surface area contributed by atoms with Crippen molar-refractivity contribution in [1.82, 2.24) is 10.0 Å². The van der Waals surface area contributed by atoms with Crippen molar-refractivity contribution in [2.75, 3.05) is 19.6 Å². The minimum Gasteiger partial charge on any atom is -0.316 e. The minimum atomic E-state index is -3.76. The third-order valence-electron chi connectivity index (χ3n) is 3.69. The molecule has 2 rings (SSSR count). The SMILES string of the molecule is Cc1cccc(S(=O)(=O)NCCC2CCCNC2)c1F. The van der Waals surface area contributed by atoms with Crippen LogP contribution in [0.5, 0.6) is 0 Å². The van der Waals surface area contributed by atoms with E-state index in [1.165, 1.54) is 6.07 Å². The topological polar surface area (TPSA) is 58.2 Å². The van der Waals surface area contributed by atoms with Crippen LogP contribution in [0, 0.1) is 18.7 Å². The number of nitrogens with one attached hydrogen (secondary N) is 2. The van der Waals surface area contributed by atoms with Crippen molar-refractivity contribution in [2.24, 2.45) is 5.92 Å². The standard InChI is InChI=1S/C14H21FN2O2S/c1-11-4-2-6-13(14(11)15)20(18,19)17-9-7-12-5-3-8-16-10-12/h2,4,6,12,16-17H,3,5,7-10H2,1H3. The van der Waals surface area contributed by atoms with Crippen LogP contribution < -0.4 is 10.0 Å². The van der Waals surface area contributed by atoms with E-state index in [0.29, 0.717) is 18.0 Å². The van der Waals surface area contributed by atoms with Crippen molar-refractivity contribution in [3.05, 3.63) is 29.6 Å². The largest absolute Gasteiger partial charge is 0.316 e. The van der Waals surface area contributed by atoms with Crippen LogP contribution in [0.25, 0.3) is 0 Å². The molecule has 1 aromatic carbocycles. The average molecular weight is 300 g/mol. The van der Waals surface area contributed by atoms with Gasteiger partial charge in [0.2, 0.25) is 10.0 Å². The molecule has 6 heteroatoms. The first-order valence-electron chi connectivity index (χ1n) is 6.96. The van der Waals surface area contributed by atoms with Gasteiger partial charge in [-0.05, 0) is 56.8 Å². The molecule has 0 saturated carbocycles. The maximum absolute atomic E-state index is 13.9. The Labute approximate surface area is 119 Å². The Bertz CT molecular complexity index is 554. The third kappa shape index (κ3) is 3.77. The highest BCUT2D eigenvalue weighted by atomic mass is 32.2. The smallest absolute Gasteiger partial charge is 0.243 e. The monoisotopic (exact) mass is 300 g/mol. The Morgan fingerprint density at radius 1 is 1.45 bits per heavy atom. The van der Waals surface area contributed by atoms with Gasteiger partial charge >= 0.3 is 0 Å². The Balaban J connectivity index is 1.95. The summed E-state index contributed by atoms with van der Waals surface area (Å²) in [5, 5.41) is 3.29. The lowest BCUT2D eigenvalue weighted by molar-refractivity contribution is 0.358. The van der Waals surface area contributed by atoms with Gasteiger partial charge in [-0.2, -0.15) is 0 Å². The lowest BCUT2D eigenvalue weighted by Crippen LogP contribution is -2.33. The van der Waals surface area contributed by atoms with Crippen molar-refractivity contribution < 1.29 is 12.8 Å². The van der Waals surface area contributed by atoms with Crippen LogP contribution in [0.15, 0.2) is 23.1 Å². The zero-order valence-electron chi connectivity index (χ0n) is 11.7. The van der Waals surface area contributed by atoms with E-state index in [9.17, 15) is 12.8 Å². The van der Waals surface area contributed by atoms with Gasteiger partial charge in [0.15, 0.2) is 0 Å². The number of aryl methyl sites for hydroxylation is 1. The summed E-state index contributed by atoms with van der Waals surface area (Å²) in [7, 11) is -3.76. The van der Waals surface area contributed by atoms with E-state index < -0.39 is 15.8 Å². The number of halogens is 1. The predicted molar refractivity (Wildman–Crippen MR) is 76.5 cm³/mol. The summed E-state index contributed by atoms with van der Waals surface area (Å²) in [6, 6.07) is 4.41. The van der Waals surface area contributed by atoms with Gasteiger partial charge in [-0.15, -0.1) is 0 Å². The molecule has 0 aromatic heterocycles. The van der Waals surface area contributed by atoms with Gasteiger partial charge in [-0.3, -0.25) is 0 Å². The highest BCUT2D eigenvalue weighted by molar-refractivity contribution is 7.89. The van der Waals surface area contributed by atoms with Crippen molar-refractivity contribution in [1.29, 1.82) is 0 Å². The molecule has 1 atom stereocenters. The highest BCUT2D eigenvalue weighted by Gasteiger charge is 2.20. The predicted octanol–water partition coefficient (Wildman–Crippen LogP) is 1.80. The molecule has 1 unspecified atom stereocenters. The summed E-state index contributed by atoms with van der Waals surface area (Å²) in [4.78, 5) is -0.265. The highest BCUT2D eigenvalue weighted by Crippen LogP contribution is 2.18. The van der Waals surface area contributed by atoms with Gasteiger partial charge in [-0.25, -0.2) is 17.5 Å². The van der Waals surface area contributed by atoms with E-state index in [0.717, 1.165) is 32.4 Å². The number of piperidine rings is 1. The Hall–Kier alpha value is -0.980. The summed E-state index contributed by atoms with van der Waals surface area (Å²) in [5.41, 5.74) is 0.337. The van der Waals surface area contributed by atoms with Crippen LogP contribution in [-0.2, 0) is 10.0 Å². The Morgan fingerprint density at radius 2 is 2.25 bits per heavy atom. The lowest BCUT2D eigenvalue weighted by atomic mass is 9.96. The second-order valence-electron chi connectivity index (χ2n) is 5.29. The van der Waals surface area contributed by atoms with E-state index in [4.69, 9.17) is 0 Å². The molecule has 0 aliphatic carbocycles. The molecule has 0 spiro atoms. The summed E-state index contributed by atoms with van der Waals surface area (Å²) in [6.07, 6.45) is 3.02. The van der Waals surface area contributed by atoms with E-state index in [1.807, 2.05) is 0 Å². The van der Waals surface area contributed by atoms with Crippen LogP contribution in [0.2, 0.25) is 0 Å². The number of hydrogen-bond donors (Lipinski definition) is 2. The van der Waals surface area contributed by atoms with Gasteiger partial charge < -0.3 is 5.32 Å². The number of benzene rings is 1. The average Bonchev–Trinajstić information content (AvgIpc) is 2.42. The molecule has 1 aliphatic heterocycles. The molecular formula is C14H21FN2O2S. The van der Waals surface area contributed by atoms with Gasteiger partial charge in [0.25, 0.3) is 0 Å². The summed E-state index contributed by atoms with van der Waals surface area (Å²) >= 11 is 0. The molecule has 112 valence electrons. The maximum Gasteiger partial charge on any atom is 0.243 e. The molecule has 1 fully saturated rings. The molecule has 1 heterocycles. The van der Waals surface area contributed by atoms with Gasteiger partial charge in [0.05, 0.1) is 0 Å². The molecule has 1 aliphatic rings. The fraction of sp³-hybridized carbons (Fsp3) is 0.571. The van der Waals surface area contributed by atoms with Gasteiger partial charge in [0.1, 0.15) is 10.7 Å². The first-order valence-corrected chi connectivity index (χ1v) is 8.44. The fourth-order valence-electron chi connectivity index (χ4n) is 2.47. The molecule has 1 saturated heterocycles. The normalized spacial score (nSPS) is 20.0. The molecule has 20 heavy (non-hydrogen) atoms. The molecule has 4 nitrogen and oxygen atoms in total. The summed E-state index contributed by atoms with van der Waals surface area (Å²) in [5.74, 6) is -0.173. The zero-order valence-corrected chi connectivity index (χ0v) is 12.5. The zero-order chi connectivity index (χ0) is 14.6. The first-order chi connectivity index (χ1) is 9.50. The quantitative estimate of drug-likeness (QED) is 0.872. The second kappa shape index (κ2) is 6.65. The van der Waals surface area contributed by atoms with Crippen LogP contribution in [0.1, 0.15) is 24.8 Å².